The molecule has 3 rings (SSSR count). The highest BCUT2D eigenvalue weighted by molar-refractivity contribution is 7.99. The van der Waals surface area contributed by atoms with Gasteiger partial charge in [0.15, 0.2) is 5.16 Å². The van der Waals surface area contributed by atoms with Crippen molar-refractivity contribution < 1.29 is 14.3 Å². The predicted octanol–water partition coefficient (Wildman–Crippen LogP) is 1.47. The lowest BCUT2D eigenvalue weighted by Gasteiger charge is -2.11. The minimum Gasteiger partial charge on any atom is -0.497 e. The molecule has 1 aromatic carbocycles. The van der Waals surface area contributed by atoms with Crippen LogP contribution in [-0.4, -0.2) is 45.5 Å². The molecule has 0 saturated heterocycles. The van der Waals surface area contributed by atoms with E-state index >= 15 is 0 Å². The zero-order valence-corrected chi connectivity index (χ0v) is 15.2. The van der Waals surface area contributed by atoms with E-state index in [4.69, 9.17) is 9.47 Å². The number of fused-ring (bicyclic) bond motifs is 1. The Morgan fingerprint density at radius 1 is 1.27 bits per heavy atom. The number of hydrogen-bond acceptors (Lipinski definition) is 7. The number of H-pyrrole nitrogens is 1. The summed E-state index contributed by atoms with van der Waals surface area (Å²) in [5.41, 5.74) is 0.956. The molecule has 3 aromatic rings. The van der Waals surface area contributed by atoms with Gasteiger partial charge in [-0.2, -0.15) is 0 Å². The standard InChI is InChI=1S/C16H17N5O4S/c1-9-6-13(22)18-15-19-20-16(21(9)15)26-8-14(23)17-11-7-10(24-2)4-5-12(11)25-3/h4-7H,8H2,1-3H3,(H,17,23)(H,18,19,22). The summed E-state index contributed by atoms with van der Waals surface area (Å²) in [7, 11) is 3.07. The van der Waals surface area contributed by atoms with Crippen molar-refractivity contribution in [2.75, 3.05) is 25.3 Å². The molecule has 9 nitrogen and oxygen atoms in total. The normalized spacial score (nSPS) is 10.7. The molecule has 0 aliphatic rings. The van der Waals surface area contributed by atoms with Gasteiger partial charge >= 0.3 is 0 Å². The molecule has 0 aliphatic heterocycles. The van der Waals surface area contributed by atoms with Crippen molar-refractivity contribution in [1.82, 2.24) is 19.6 Å². The number of aryl methyl sites for hydroxylation is 1. The molecule has 10 heteroatoms. The van der Waals surface area contributed by atoms with Gasteiger partial charge in [-0.25, -0.2) is 0 Å². The fourth-order valence-corrected chi connectivity index (χ4v) is 3.18. The van der Waals surface area contributed by atoms with Gasteiger partial charge in [0.05, 0.1) is 25.7 Å². The van der Waals surface area contributed by atoms with Gasteiger partial charge in [-0.05, 0) is 19.1 Å². The Morgan fingerprint density at radius 2 is 2.08 bits per heavy atom. The van der Waals surface area contributed by atoms with Crippen molar-refractivity contribution >= 4 is 29.1 Å². The zero-order valence-electron chi connectivity index (χ0n) is 14.4. The van der Waals surface area contributed by atoms with Gasteiger partial charge in [0.25, 0.3) is 5.56 Å². The highest BCUT2D eigenvalue weighted by Crippen LogP contribution is 2.29. The van der Waals surface area contributed by atoms with E-state index < -0.39 is 0 Å². The van der Waals surface area contributed by atoms with Crippen LogP contribution in [0.5, 0.6) is 11.5 Å². The van der Waals surface area contributed by atoms with Crippen molar-refractivity contribution in [3.8, 4) is 11.5 Å². The van der Waals surface area contributed by atoms with E-state index in [0.717, 1.165) is 0 Å². The first-order chi connectivity index (χ1) is 12.5. The van der Waals surface area contributed by atoms with Crippen LogP contribution < -0.4 is 20.3 Å². The van der Waals surface area contributed by atoms with Crippen LogP contribution in [-0.2, 0) is 4.79 Å². The molecule has 0 radical (unpaired) electrons. The van der Waals surface area contributed by atoms with E-state index in [0.29, 0.717) is 33.8 Å². The average molecular weight is 375 g/mol. The highest BCUT2D eigenvalue weighted by Gasteiger charge is 2.13. The second kappa shape index (κ2) is 7.48. The number of aromatic nitrogens is 4. The minimum atomic E-state index is -0.248. The van der Waals surface area contributed by atoms with Crippen LogP contribution in [0.15, 0.2) is 34.2 Å². The zero-order chi connectivity index (χ0) is 18.7. The summed E-state index contributed by atoms with van der Waals surface area (Å²) in [6.45, 7) is 1.77. The minimum absolute atomic E-state index is 0.111. The Balaban J connectivity index is 1.73. The number of thioether (sulfide) groups is 1. The number of nitrogens with zero attached hydrogens (tertiary/aromatic N) is 3. The van der Waals surface area contributed by atoms with E-state index in [1.807, 2.05) is 0 Å². The summed E-state index contributed by atoms with van der Waals surface area (Å²) in [6, 6.07) is 6.59. The number of benzene rings is 1. The molecule has 0 unspecified atom stereocenters. The fourth-order valence-electron chi connectivity index (χ4n) is 2.39. The largest absolute Gasteiger partial charge is 0.497 e. The fraction of sp³-hybridized carbons (Fsp3) is 0.250. The quantitative estimate of drug-likeness (QED) is 0.628. The van der Waals surface area contributed by atoms with E-state index in [1.54, 1.807) is 36.6 Å². The highest BCUT2D eigenvalue weighted by atomic mass is 32.2. The van der Waals surface area contributed by atoms with E-state index in [9.17, 15) is 9.59 Å². The molecular weight excluding hydrogens is 358 g/mol. The predicted molar refractivity (Wildman–Crippen MR) is 97.2 cm³/mol. The Bertz CT molecular complexity index is 1010. The first-order valence-electron chi connectivity index (χ1n) is 7.61. The van der Waals surface area contributed by atoms with Gasteiger partial charge in [-0.1, -0.05) is 11.8 Å². The number of methoxy groups -OCH3 is 2. The first-order valence-corrected chi connectivity index (χ1v) is 8.60. The summed E-state index contributed by atoms with van der Waals surface area (Å²) in [4.78, 5) is 26.4. The Morgan fingerprint density at radius 3 is 2.81 bits per heavy atom. The number of anilines is 1. The van der Waals surface area contributed by atoms with Gasteiger partial charge in [0, 0.05) is 17.8 Å². The molecule has 0 saturated carbocycles. The number of ether oxygens (including phenoxy) is 2. The van der Waals surface area contributed by atoms with Crippen LogP contribution in [0.1, 0.15) is 5.69 Å². The van der Waals surface area contributed by atoms with Gasteiger partial charge in [0.1, 0.15) is 11.5 Å². The van der Waals surface area contributed by atoms with E-state index in [1.165, 1.54) is 24.9 Å². The lowest BCUT2D eigenvalue weighted by atomic mass is 10.2. The third-order valence-electron chi connectivity index (χ3n) is 3.57. The summed E-state index contributed by atoms with van der Waals surface area (Å²) in [6.07, 6.45) is 0. The maximum absolute atomic E-state index is 12.3. The number of amides is 1. The summed E-state index contributed by atoms with van der Waals surface area (Å²) >= 11 is 1.21. The molecule has 1 amide bonds. The topological polar surface area (TPSA) is 111 Å². The lowest BCUT2D eigenvalue weighted by Crippen LogP contribution is -2.15. The number of rotatable bonds is 6. The summed E-state index contributed by atoms with van der Waals surface area (Å²) in [5.74, 6) is 1.36. The number of carbonyl (C=O) groups is 1. The maximum Gasteiger partial charge on any atom is 0.252 e. The third kappa shape index (κ3) is 3.64. The van der Waals surface area contributed by atoms with E-state index in [2.05, 4.69) is 20.5 Å². The van der Waals surface area contributed by atoms with Crippen LogP contribution in [0.3, 0.4) is 0 Å². The molecule has 2 heterocycles. The second-order valence-corrected chi connectivity index (χ2v) is 6.26. The van der Waals surface area contributed by atoms with Crippen molar-refractivity contribution in [3.63, 3.8) is 0 Å². The maximum atomic E-state index is 12.3. The monoisotopic (exact) mass is 375 g/mol. The Kier molecular flexibility index (Phi) is 5.12. The molecule has 0 atom stereocenters. The average Bonchev–Trinajstić information content (AvgIpc) is 3.03. The smallest absolute Gasteiger partial charge is 0.252 e. The van der Waals surface area contributed by atoms with Crippen LogP contribution in [0.2, 0.25) is 0 Å². The van der Waals surface area contributed by atoms with Crippen LogP contribution in [0.4, 0.5) is 5.69 Å². The summed E-state index contributed by atoms with van der Waals surface area (Å²) < 4.78 is 12.1. The SMILES string of the molecule is COc1ccc(OC)c(NC(=O)CSc2nnc3[nH]c(=O)cc(C)n23)c1. The molecule has 26 heavy (non-hydrogen) atoms. The summed E-state index contributed by atoms with van der Waals surface area (Å²) in [5, 5.41) is 11.2. The van der Waals surface area contributed by atoms with E-state index in [-0.39, 0.29) is 17.2 Å². The second-order valence-electron chi connectivity index (χ2n) is 5.32. The number of carbonyl (C=O) groups excluding carboxylic acids is 1. The molecule has 0 bridgehead atoms. The van der Waals surface area contributed by atoms with Gasteiger partial charge in [0.2, 0.25) is 11.7 Å². The first kappa shape index (κ1) is 17.8. The van der Waals surface area contributed by atoms with Gasteiger partial charge in [-0.3, -0.25) is 19.0 Å². The van der Waals surface area contributed by atoms with Gasteiger partial charge in [-0.15, -0.1) is 10.2 Å². The van der Waals surface area contributed by atoms with Crippen molar-refractivity contribution in [2.45, 2.75) is 12.1 Å². The lowest BCUT2D eigenvalue weighted by molar-refractivity contribution is -0.113. The Labute approximate surface area is 152 Å². The molecule has 0 spiro atoms. The van der Waals surface area contributed by atoms with Crippen molar-refractivity contribution in [1.29, 1.82) is 0 Å². The molecule has 0 fully saturated rings. The molecule has 0 aliphatic carbocycles. The van der Waals surface area contributed by atoms with Crippen LogP contribution in [0.25, 0.3) is 5.78 Å². The van der Waals surface area contributed by atoms with Gasteiger partial charge < -0.3 is 14.8 Å². The molecule has 2 N–H and O–H groups in total. The van der Waals surface area contributed by atoms with Crippen LogP contribution in [0, 0.1) is 6.92 Å². The third-order valence-corrected chi connectivity index (χ3v) is 4.50. The molecule has 136 valence electrons. The van der Waals surface area contributed by atoms with Crippen LogP contribution >= 0.6 is 11.8 Å². The number of aromatic amines is 1. The number of nitrogens with one attached hydrogen (secondary N) is 2. The molecular formula is C16H17N5O4S. The number of hydrogen-bond donors (Lipinski definition) is 2. The van der Waals surface area contributed by atoms with Crippen molar-refractivity contribution in [2.24, 2.45) is 0 Å². The molecule has 2 aromatic heterocycles. The van der Waals surface area contributed by atoms with Crippen molar-refractivity contribution in [3.05, 3.63) is 40.3 Å². The Hall–Kier alpha value is -3.01.